The fourth-order valence-electron chi connectivity index (χ4n) is 4.37. The van der Waals surface area contributed by atoms with Crippen molar-refractivity contribution in [3.05, 3.63) is 40.3 Å². The second-order valence-electron chi connectivity index (χ2n) is 7.89. The van der Waals surface area contributed by atoms with E-state index in [0.717, 1.165) is 34.4 Å². The lowest BCUT2D eigenvalue weighted by molar-refractivity contribution is -0.185. The molecule has 0 bridgehead atoms. The third-order valence-electron chi connectivity index (χ3n) is 5.96. The molecule has 2 aromatic rings. The molecule has 2 aromatic heterocycles. The van der Waals surface area contributed by atoms with E-state index in [1.807, 2.05) is 23.0 Å². The van der Waals surface area contributed by atoms with Gasteiger partial charge in [0.2, 0.25) is 0 Å². The first-order valence-electron chi connectivity index (χ1n) is 9.89. The van der Waals surface area contributed by atoms with Crippen LogP contribution in [0.25, 0.3) is 5.82 Å². The SMILES string of the molecule is FC(F)(F)C1CCN(Cc2cn(-c3ccc(Br)cn3)nc2C2CCCC2)CC1. The van der Waals surface area contributed by atoms with E-state index in [2.05, 4.69) is 25.8 Å². The Morgan fingerprint density at radius 2 is 1.79 bits per heavy atom. The van der Waals surface area contributed by atoms with E-state index in [0.29, 0.717) is 25.6 Å². The van der Waals surface area contributed by atoms with Crippen molar-refractivity contribution in [2.24, 2.45) is 5.92 Å². The van der Waals surface area contributed by atoms with Crippen LogP contribution in [0.2, 0.25) is 0 Å². The molecule has 0 amide bonds. The molecular weight excluding hydrogens is 433 g/mol. The molecule has 1 saturated carbocycles. The van der Waals surface area contributed by atoms with Gasteiger partial charge in [0.25, 0.3) is 0 Å². The third kappa shape index (κ3) is 4.43. The highest BCUT2D eigenvalue weighted by Crippen LogP contribution is 2.37. The van der Waals surface area contributed by atoms with Crippen molar-refractivity contribution in [3.63, 3.8) is 0 Å². The summed E-state index contributed by atoms with van der Waals surface area (Å²) in [5, 5.41) is 4.84. The number of likely N-dealkylation sites (tertiary alicyclic amines) is 1. The topological polar surface area (TPSA) is 34.0 Å². The maximum absolute atomic E-state index is 12.9. The van der Waals surface area contributed by atoms with Crippen LogP contribution in [0.4, 0.5) is 13.2 Å². The zero-order valence-corrected chi connectivity index (χ0v) is 17.2. The summed E-state index contributed by atoms with van der Waals surface area (Å²) in [5.41, 5.74) is 2.22. The summed E-state index contributed by atoms with van der Waals surface area (Å²) in [6.07, 6.45) is 4.75. The molecule has 2 aliphatic rings. The number of pyridine rings is 1. The summed E-state index contributed by atoms with van der Waals surface area (Å²) in [5.74, 6) is 0.0385. The quantitative estimate of drug-likeness (QED) is 0.612. The fourth-order valence-corrected chi connectivity index (χ4v) is 4.60. The number of halogens is 4. The molecule has 0 atom stereocenters. The molecule has 0 radical (unpaired) electrons. The van der Waals surface area contributed by atoms with Crippen molar-refractivity contribution < 1.29 is 13.2 Å². The molecule has 1 saturated heterocycles. The van der Waals surface area contributed by atoms with Gasteiger partial charge in [0.15, 0.2) is 5.82 Å². The van der Waals surface area contributed by atoms with Gasteiger partial charge in [0.1, 0.15) is 0 Å². The minimum Gasteiger partial charge on any atom is -0.299 e. The van der Waals surface area contributed by atoms with Gasteiger partial charge in [-0.2, -0.15) is 18.3 Å². The molecule has 4 nitrogen and oxygen atoms in total. The molecule has 1 aliphatic carbocycles. The number of hydrogen-bond acceptors (Lipinski definition) is 3. The summed E-state index contributed by atoms with van der Waals surface area (Å²) >= 11 is 3.40. The molecule has 152 valence electrons. The van der Waals surface area contributed by atoms with Gasteiger partial charge < -0.3 is 0 Å². The van der Waals surface area contributed by atoms with E-state index in [4.69, 9.17) is 5.10 Å². The van der Waals surface area contributed by atoms with E-state index < -0.39 is 12.1 Å². The predicted octanol–water partition coefficient (Wildman–Crippen LogP) is 5.46. The Balaban J connectivity index is 1.53. The largest absolute Gasteiger partial charge is 0.391 e. The van der Waals surface area contributed by atoms with Gasteiger partial charge in [-0.05, 0) is 66.8 Å². The van der Waals surface area contributed by atoms with Gasteiger partial charge in [-0.15, -0.1) is 0 Å². The first-order valence-corrected chi connectivity index (χ1v) is 10.7. The van der Waals surface area contributed by atoms with Crippen LogP contribution < -0.4 is 0 Å². The summed E-state index contributed by atoms with van der Waals surface area (Å²) in [6.45, 7) is 1.62. The van der Waals surface area contributed by atoms with Gasteiger partial charge in [0.05, 0.1) is 11.6 Å². The lowest BCUT2D eigenvalue weighted by Crippen LogP contribution is -2.38. The average molecular weight is 457 g/mol. The van der Waals surface area contributed by atoms with E-state index in [9.17, 15) is 13.2 Å². The van der Waals surface area contributed by atoms with Crippen LogP contribution in [-0.2, 0) is 6.54 Å². The molecule has 3 heterocycles. The molecule has 0 unspecified atom stereocenters. The van der Waals surface area contributed by atoms with Crippen LogP contribution >= 0.6 is 15.9 Å². The van der Waals surface area contributed by atoms with Crippen molar-refractivity contribution in [2.75, 3.05) is 13.1 Å². The number of nitrogens with zero attached hydrogens (tertiary/aromatic N) is 4. The molecule has 28 heavy (non-hydrogen) atoms. The molecule has 2 fully saturated rings. The zero-order chi connectivity index (χ0) is 19.7. The van der Waals surface area contributed by atoms with Crippen molar-refractivity contribution in [3.8, 4) is 5.82 Å². The van der Waals surface area contributed by atoms with Gasteiger partial charge in [-0.3, -0.25) is 4.90 Å². The lowest BCUT2D eigenvalue weighted by atomic mass is 9.95. The Hall–Kier alpha value is -1.41. The van der Waals surface area contributed by atoms with E-state index >= 15 is 0 Å². The van der Waals surface area contributed by atoms with Crippen LogP contribution in [0.15, 0.2) is 29.0 Å². The van der Waals surface area contributed by atoms with Crippen LogP contribution in [0.1, 0.15) is 55.7 Å². The average Bonchev–Trinajstić information content (AvgIpc) is 3.32. The molecule has 8 heteroatoms. The van der Waals surface area contributed by atoms with E-state index in [-0.39, 0.29) is 12.8 Å². The zero-order valence-electron chi connectivity index (χ0n) is 15.6. The summed E-state index contributed by atoms with van der Waals surface area (Å²) in [4.78, 5) is 6.56. The number of hydrogen-bond donors (Lipinski definition) is 0. The first kappa shape index (κ1) is 19.9. The minimum atomic E-state index is -4.07. The summed E-state index contributed by atoms with van der Waals surface area (Å²) in [7, 11) is 0. The third-order valence-corrected chi connectivity index (χ3v) is 6.42. The normalized spacial score (nSPS) is 20.1. The van der Waals surface area contributed by atoms with Crippen molar-refractivity contribution in [1.82, 2.24) is 19.7 Å². The second kappa shape index (κ2) is 8.14. The Morgan fingerprint density at radius 1 is 1.07 bits per heavy atom. The van der Waals surface area contributed by atoms with Crippen LogP contribution in [0, 0.1) is 5.92 Å². The summed E-state index contributed by atoms with van der Waals surface area (Å²) in [6, 6.07) is 3.84. The van der Waals surface area contributed by atoms with Crippen molar-refractivity contribution >= 4 is 15.9 Å². The Kier molecular flexibility index (Phi) is 5.78. The van der Waals surface area contributed by atoms with Crippen LogP contribution in [-0.4, -0.2) is 38.9 Å². The van der Waals surface area contributed by atoms with Gasteiger partial charge in [-0.1, -0.05) is 12.8 Å². The van der Waals surface area contributed by atoms with Gasteiger partial charge >= 0.3 is 6.18 Å². The Labute approximate surface area is 171 Å². The number of alkyl halides is 3. The maximum Gasteiger partial charge on any atom is 0.391 e. The predicted molar refractivity (Wildman–Crippen MR) is 104 cm³/mol. The highest BCUT2D eigenvalue weighted by Gasteiger charge is 2.41. The van der Waals surface area contributed by atoms with Gasteiger partial charge in [0, 0.05) is 34.9 Å². The molecule has 4 rings (SSSR count). The molecule has 0 spiro atoms. The van der Waals surface area contributed by atoms with Crippen LogP contribution in [0.5, 0.6) is 0 Å². The Bertz CT molecular complexity index is 789. The lowest BCUT2D eigenvalue weighted by Gasteiger charge is -2.32. The standard InChI is InChI=1S/C20H24BrF3N4/c21-17-5-6-18(25-11-17)28-13-15(19(26-28)14-3-1-2-4-14)12-27-9-7-16(8-10-27)20(22,23)24/h5-6,11,13-14,16H,1-4,7-10,12H2. The van der Waals surface area contributed by atoms with E-state index in [1.165, 1.54) is 12.8 Å². The maximum atomic E-state index is 12.9. The number of piperidine rings is 1. The molecule has 1 aliphatic heterocycles. The highest BCUT2D eigenvalue weighted by molar-refractivity contribution is 9.10. The summed E-state index contributed by atoms with van der Waals surface area (Å²) < 4.78 is 41.5. The van der Waals surface area contributed by atoms with Gasteiger partial charge in [-0.25, -0.2) is 9.67 Å². The minimum absolute atomic E-state index is 0.185. The smallest absolute Gasteiger partial charge is 0.299 e. The fraction of sp³-hybridized carbons (Fsp3) is 0.600. The molecule has 0 aromatic carbocycles. The number of aromatic nitrogens is 3. The monoisotopic (exact) mass is 456 g/mol. The Morgan fingerprint density at radius 3 is 2.39 bits per heavy atom. The van der Waals surface area contributed by atoms with Crippen molar-refractivity contribution in [2.45, 2.75) is 57.2 Å². The first-order chi connectivity index (χ1) is 13.4. The van der Waals surface area contributed by atoms with Crippen molar-refractivity contribution in [1.29, 1.82) is 0 Å². The molecule has 0 N–H and O–H groups in total. The molecular formula is C20H24BrF3N4. The number of rotatable bonds is 4. The highest BCUT2D eigenvalue weighted by atomic mass is 79.9. The van der Waals surface area contributed by atoms with Crippen LogP contribution in [0.3, 0.4) is 0 Å². The second-order valence-corrected chi connectivity index (χ2v) is 8.81. The van der Waals surface area contributed by atoms with E-state index in [1.54, 1.807) is 6.20 Å².